The van der Waals surface area contributed by atoms with Gasteiger partial charge in [0.1, 0.15) is 12.4 Å². The van der Waals surface area contributed by atoms with E-state index < -0.39 is 15.8 Å². The maximum absolute atomic E-state index is 13.2. The molecule has 1 aliphatic heterocycles. The topological polar surface area (TPSA) is 59.5 Å². The highest BCUT2D eigenvalue weighted by atomic mass is 32.2. The SMILES string of the molecule is O=S(=O)(c1cccc(F)c1)N1CCOc2cccnc21. The van der Waals surface area contributed by atoms with Gasteiger partial charge >= 0.3 is 0 Å². The smallest absolute Gasteiger partial charge is 0.265 e. The van der Waals surface area contributed by atoms with Crippen LogP contribution >= 0.6 is 0 Å². The van der Waals surface area contributed by atoms with Gasteiger partial charge in [-0.3, -0.25) is 0 Å². The van der Waals surface area contributed by atoms with Gasteiger partial charge in [0.05, 0.1) is 11.4 Å². The summed E-state index contributed by atoms with van der Waals surface area (Å²) < 4.78 is 44.9. The number of pyridine rings is 1. The lowest BCUT2D eigenvalue weighted by Gasteiger charge is -2.29. The van der Waals surface area contributed by atoms with Crippen molar-refractivity contribution in [2.45, 2.75) is 4.90 Å². The van der Waals surface area contributed by atoms with Crippen LogP contribution in [0.3, 0.4) is 0 Å². The molecule has 1 aliphatic rings. The van der Waals surface area contributed by atoms with Crippen LogP contribution in [0.5, 0.6) is 5.75 Å². The average molecular weight is 294 g/mol. The van der Waals surface area contributed by atoms with Gasteiger partial charge in [0.15, 0.2) is 11.6 Å². The van der Waals surface area contributed by atoms with Gasteiger partial charge < -0.3 is 4.74 Å². The number of aromatic nitrogens is 1. The first-order chi connectivity index (χ1) is 9.59. The number of hydrogen-bond acceptors (Lipinski definition) is 4. The Balaban J connectivity index is 2.10. The Kier molecular flexibility index (Phi) is 3.06. The number of benzene rings is 1. The molecule has 2 aromatic rings. The summed E-state index contributed by atoms with van der Waals surface area (Å²) in [6.07, 6.45) is 1.49. The standard InChI is InChI=1S/C13H11FN2O3S/c14-10-3-1-4-11(9-10)20(17,18)16-7-8-19-12-5-2-6-15-13(12)16/h1-6,9H,7-8H2. The molecule has 3 rings (SSSR count). The number of hydrogen-bond donors (Lipinski definition) is 0. The summed E-state index contributed by atoms with van der Waals surface area (Å²) in [7, 11) is -3.85. The number of rotatable bonds is 2. The van der Waals surface area contributed by atoms with Gasteiger partial charge in [0.25, 0.3) is 10.0 Å². The van der Waals surface area contributed by atoms with Crippen LogP contribution in [0.15, 0.2) is 47.5 Å². The molecule has 0 saturated carbocycles. The van der Waals surface area contributed by atoms with Crippen molar-refractivity contribution < 1.29 is 17.5 Å². The molecule has 1 aromatic carbocycles. The summed E-state index contributed by atoms with van der Waals surface area (Å²) in [5.74, 6) is 0.0299. The molecule has 0 atom stereocenters. The third-order valence-corrected chi connectivity index (χ3v) is 4.71. The van der Waals surface area contributed by atoms with Gasteiger partial charge in [-0.2, -0.15) is 0 Å². The van der Waals surface area contributed by atoms with Crippen molar-refractivity contribution in [3.8, 4) is 5.75 Å². The summed E-state index contributed by atoms with van der Waals surface area (Å²) in [5.41, 5.74) is 0. The zero-order valence-corrected chi connectivity index (χ0v) is 11.2. The molecule has 20 heavy (non-hydrogen) atoms. The van der Waals surface area contributed by atoms with Gasteiger partial charge in [0.2, 0.25) is 0 Å². The maximum atomic E-state index is 13.2. The quantitative estimate of drug-likeness (QED) is 0.847. The minimum absolute atomic E-state index is 0.101. The van der Waals surface area contributed by atoms with Crippen molar-refractivity contribution >= 4 is 15.8 Å². The third kappa shape index (κ3) is 2.09. The predicted octanol–water partition coefficient (Wildman–Crippen LogP) is 1.81. The number of halogens is 1. The Morgan fingerprint density at radius 2 is 2.10 bits per heavy atom. The van der Waals surface area contributed by atoms with Crippen molar-refractivity contribution in [3.05, 3.63) is 48.4 Å². The van der Waals surface area contributed by atoms with Crippen LogP contribution < -0.4 is 9.04 Å². The Morgan fingerprint density at radius 3 is 2.90 bits per heavy atom. The molecule has 0 N–H and O–H groups in total. The molecule has 0 saturated heterocycles. The second kappa shape index (κ2) is 4.75. The largest absolute Gasteiger partial charge is 0.488 e. The zero-order chi connectivity index (χ0) is 14.2. The second-order valence-electron chi connectivity index (χ2n) is 4.21. The van der Waals surface area contributed by atoms with E-state index in [1.165, 1.54) is 24.4 Å². The number of nitrogens with zero attached hydrogens (tertiary/aromatic N) is 2. The predicted molar refractivity (Wildman–Crippen MR) is 70.7 cm³/mol. The molecule has 0 unspecified atom stereocenters. The molecule has 0 amide bonds. The molecule has 0 spiro atoms. The monoisotopic (exact) mass is 294 g/mol. The average Bonchev–Trinajstić information content (AvgIpc) is 2.46. The molecule has 104 valence electrons. The first-order valence-electron chi connectivity index (χ1n) is 5.95. The third-order valence-electron chi connectivity index (χ3n) is 2.92. The van der Waals surface area contributed by atoms with Gasteiger partial charge in [-0.1, -0.05) is 6.07 Å². The van der Waals surface area contributed by atoms with E-state index in [4.69, 9.17) is 4.74 Å². The van der Waals surface area contributed by atoms with E-state index in [2.05, 4.69) is 4.98 Å². The minimum Gasteiger partial charge on any atom is -0.488 e. The molecule has 7 heteroatoms. The van der Waals surface area contributed by atoms with E-state index in [1.807, 2.05) is 0 Å². The Bertz CT molecular complexity index is 749. The summed E-state index contributed by atoms with van der Waals surface area (Å²) in [5, 5.41) is 0. The van der Waals surface area contributed by atoms with Crippen LogP contribution in [0.1, 0.15) is 0 Å². The first-order valence-corrected chi connectivity index (χ1v) is 7.39. The molecule has 0 radical (unpaired) electrons. The second-order valence-corrected chi connectivity index (χ2v) is 6.07. The van der Waals surface area contributed by atoms with E-state index in [9.17, 15) is 12.8 Å². The van der Waals surface area contributed by atoms with E-state index in [1.54, 1.807) is 12.1 Å². The Hall–Kier alpha value is -2.15. The van der Waals surface area contributed by atoms with E-state index in [0.29, 0.717) is 5.75 Å². The van der Waals surface area contributed by atoms with Crippen molar-refractivity contribution in [2.75, 3.05) is 17.5 Å². The molecule has 0 bridgehead atoms. The van der Waals surface area contributed by atoms with E-state index in [-0.39, 0.29) is 23.9 Å². The number of anilines is 1. The van der Waals surface area contributed by atoms with E-state index in [0.717, 1.165) is 10.4 Å². The van der Waals surface area contributed by atoms with Crippen LogP contribution in [0.25, 0.3) is 0 Å². The lowest BCUT2D eigenvalue weighted by atomic mass is 10.3. The zero-order valence-electron chi connectivity index (χ0n) is 10.4. The summed E-state index contributed by atoms with van der Waals surface area (Å²) in [4.78, 5) is 3.94. The van der Waals surface area contributed by atoms with Gasteiger partial charge in [0, 0.05) is 6.20 Å². The fourth-order valence-corrected chi connectivity index (χ4v) is 3.46. The molecule has 0 aliphatic carbocycles. The van der Waals surface area contributed by atoms with Crippen molar-refractivity contribution in [2.24, 2.45) is 0 Å². The van der Waals surface area contributed by atoms with Gasteiger partial charge in [-0.05, 0) is 30.3 Å². The molecule has 2 heterocycles. The Labute approximate surface area is 115 Å². The normalized spacial score (nSPS) is 14.6. The highest BCUT2D eigenvalue weighted by Gasteiger charge is 2.31. The Morgan fingerprint density at radius 1 is 1.25 bits per heavy atom. The number of ether oxygens (including phenoxy) is 1. The first kappa shape index (κ1) is 12.9. The van der Waals surface area contributed by atoms with Crippen LogP contribution in [-0.4, -0.2) is 26.6 Å². The molecular formula is C13H11FN2O3S. The minimum atomic E-state index is -3.85. The van der Waals surface area contributed by atoms with Crippen molar-refractivity contribution in [3.63, 3.8) is 0 Å². The van der Waals surface area contributed by atoms with Crippen LogP contribution in [-0.2, 0) is 10.0 Å². The summed E-state index contributed by atoms with van der Waals surface area (Å²) >= 11 is 0. The highest BCUT2D eigenvalue weighted by molar-refractivity contribution is 7.92. The van der Waals surface area contributed by atoms with Crippen LogP contribution in [0.4, 0.5) is 10.2 Å². The van der Waals surface area contributed by atoms with Gasteiger partial charge in [-0.25, -0.2) is 22.1 Å². The lowest BCUT2D eigenvalue weighted by Crippen LogP contribution is -2.38. The molecule has 1 aromatic heterocycles. The van der Waals surface area contributed by atoms with Crippen molar-refractivity contribution in [1.29, 1.82) is 0 Å². The summed E-state index contributed by atoms with van der Waals surface area (Å²) in [6.45, 7) is 0.371. The molecule has 5 nitrogen and oxygen atoms in total. The fraction of sp³-hybridized carbons (Fsp3) is 0.154. The number of sulfonamides is 1. The highest BCUT2D eigenvalue weighted by Crippen LogP contribution is 2.32. The van der Waals surface area contributed by atoms with Crippen LogP contribution in [0, 0.1) is 5.82 Å². The molecule has 0 fully saturated rings. The van der Waals surface area contributed by atoms with E-state index >= 15 is 0 Å². The lowest BCUT2D eigenvalue weighted by molar-refractivity contribution is 0.313. The number of fused-ring (bicyclic) bond motifs is 1. The fourth-order valence-electron chi connectivity index (χ4n) is 2.02. The molecular weight excluding hydrogens is 283 g/mol. The van der Waals surface area contributed by atoms with Crippen molar-refractivity contribution in [1.82, 2.24) is 4.98 Å². The maximum Gasteiger partial charge on any atom is 0.265 e. The van der Waals surface area contributed by atoms with Gasteiger partial charge in [-0.15, -0.1) is 0 Å². The van der Waals surface area contributed by atoms with Crippen LogP contribution in [0.2, 0.25) is 0 Å². The summed E-state index contributed by atoms with van der Waals surface area (Å²) in [6, 6.07) is 8.23.